The minimum absolute atomic E-state index is 0.0256. The molecule has 0 unspecified atom stereocenters. The van der Waals surface area contributed by atoms with Crippen LogP contribution in [-0.2, 0) is 14.6 Å². The molecule has 150 valence electrons. The molecule has 0 bridgehead atoms. The molecule has 2 aliphatic heterocycles. The summed E-state index contributed by atoms with van der Waals surface area (Å²) in [5.74, 6) is 0.553. The number of piperazine rings is 1. The number of amides is 1. The Morgan fingerprint density at radius 2 is 1.85 bits per heavy atom. The van der Waals surface area contributed by atoms with E-state index in [4.69, 9.17) is 0 Å². The van der Waals surface area contributed by atoms with Crippen LogP contribution in [0.1, 0.15) is 20.3 Å². The topological polar surface area (TPSA) is 81.2 Å². The zero-order valence-corrected chi connectivity index (χ0v) is 16.9. The highest BCUT2D eigenvalue weighted by molar-refractivity contribution is 7.91. The molecule has 8 heteroatoms. The van der Waals surface area contributed by atoms with Gasteiger partial charge in [0.05, 0.1) is 17.5 Å². The van der Waals surface area contributed by atoms with Crippen LogP contribution >= 0.6 is 0 Å². The lowest BCUT2D eigenvalue weighted by Gasteiger charge is -2.40. The first kappa shape index (κ1) is 19.9. The van der Waals surface area contributed by atoms with Crippen molar-refractivity contribution in [1.82, 2.24) is 9.80 Å². The van der Waals surface area contributed by atoms with Crippen molar-refractivity contribution < 1.29 is 18.3 Å². The van der Waals surface area contributed by atoms with Crippen LogP contribution in [0.4, 0.5) is 5.69 Å². The summed E-state index contributed by atoms with van der Waals surface area (Å²) in [5.41, 5.74) is 1.07. The third-order valence-corrected chi connectivity index (χ3v) is 7.46. The molecule has 0 aliphatic carbocycles. The van der Waals surface area contributed by atoms with Gasteiger partial charge in [0.2, 0.25) is 5.91 Å². The monoisotopic (exact) mass is 395 g/mol. The second-order valence-corrected chi connectivity index (χ2v) is 9.63. The minimum atomic E-state index is -3.01. The molecule has 2 fully saturated rings. The van der Waals surface area contributed by atoms with E-state index < -0.39 is 9.84 Å². The Bertz CT molecular complexity index is 758. The lowest BCUT2D eigenvalue weighted by Crippen LogP contribution is -2.56. The van der Waals surface area contributed by atoms with Gasteiger partial charge >= 0.3 is 0 Å². The highest BCUT2D eigenvalue weighted by atomic mass is 32.2. The molecule has 2 heterocycles. The van der Waals surface area contributed by atoms with Crippen molar-refractivity contribution in [3.05, 3.63) is 24.3 Å². The number of hydrogen-bond acceptors (Lipinski definition) is 6. The summed E-state index contributed by atoms with van der Waals surface area (Å²) in [5, 5.41) is 9.42. The van der Waals surface area contributed by atoms with Crippen molar-refractivity contribution in [2.75, 3.05) is 49.1 Å². The quantitative estimate of drug-likeness (QED) is 0.799. The van der Waals surface area contributed by atoms with Gasteiger partial charge in [-0.05, 0) is 44.5 Å². The van der Waals surface area contributed by atoms with E-state index in [0.29, 0.717) is 13.0 Å². The molecule has 1 amide bonds. The SMILES string of the molecule is CCN(C(=O)[C@H](C)N1CCN(c2ccc(O)cc2)CC1)[C@@H]1CCS(=O)(=O)C1. The Morgan fingerprint density at radius 3 is 2.37 bits per heavy atom. The van der Waals surface area contributed by atoms with E-state index in [1.165, 1.54) is 0 Å². The predicted molar refractivity (Wildman–Crippen MR) is 106 cm³/mol. The second kappa shape index (κ2) is 8.06. The largest absolute Gasteiger partial charge is 0.508 e. The maximum Gasteiger partial charge on any atom is 0.239 e. The first-order valence-corrected chi connectivity index (χ1v) is 11.4. The van der Waals surface area contributed by atoms with Crippen molar-refractivity contribution in [1.29, 1.82) is 0 Å². The summed E-state index contributed by atoms with van der Waals surface area (Å²) < 4.78 is 23.6. The van der Waals surface area contributed by atoms with Crippen LogP contribution in [0.5, 0.6) is 5.75 Å². The maximum atomic E-state index is 13.0. The first-order valence-electron chi connectivity index (χ1n) is 9.59. The van der Waals surface area contributed by atoms with Gasteiger partial charge in [0.1, 0.15) is 5.75 Å². The number of likely N-dealkylation sites (N-methyl/N-ethyl adjacent to an activating group) is 1. The molecule has 7 nitrogen and oxygen atoms in total. The zero-order valence-electron chi connectivity index (χ0n) is 16.0. The number of carbonyl (C=O) groups excluding carboxylic acids is 1. The van der Waals surface area contributed by atoms with Crippen LogP contribution in [0.25, 0.3) is 0 Å². The average Bonchev–Trinajstić information content (AvgIpc) is 3.02. The fourth-order valence-corrected chi connectivity index (χ4v) is 5.77. The van der Waals surface area contributed by atoms with Crippen molar-refractivity contribution in [2.45, 2.75) is 32.4 Å². The van der Waals surface area contributed by atoms with Gasteiger partial charge in [-0.25, -0.2) is 8.42 Å². The Kier molecular flexibility index (Phi) is 5.95. The van der Waals surface area contributed by atoms with E-state index in [0.717, 1.165) is 31.9 Å². The summed E-state index contributed by atoms with van der Waals surface area (Å²) in [6.07, 6.45) is 0.545. The van der Waals surface area contributed by atoms with E-state index in [1.807, 2.05) is 26.0 Å². The molecular weight excluding hydrogens is 366 g/mol. The molecule has 0 spiro atoms. The molecule has 27 heavy (non-hydrogen) atoms. The molecule has 1 N–H and O–H groups in total. The van der Waals surface area contributed by atoms with E-state index in [-0.39, 0.29) is 35.2 Å². The van der Waals surface area contributed by atoms with Crippen molar-refractivity contribution >= 4 is 21.4 Å². The molecule has 0 saturated carbocycles. The lowest BCUT2D eigenvalue weighted by atomic mass is 10.1. The van der Waals surface area contributed by atoms with Crippen molar-refractivity contribution in [3.8, 4) is 5.75 Å². The van der Waals surface area contributed by atoms with Gasteiger partial charge < -0.3 is 14.9 Å². The van der Waals surface area contributed by atoms with E-state index in [9.17, 15) is 18.3 Å². The molecule has 0 radical (unpaired) electrons. The molecular formula is C19H29N3O4S. The average molecular weight is 396 g/mol. The number of phenolic OH excluding ortho intramolecular Hbond substituents is 1. The normalized spacial score (nSPS) is 23.9. The maximum absolute atomic E-state index is 13.0. The number of anilines is 1. The minimum Gasteiger partial charge on any atom is -0.508 e. The number of rotatable bonds is 5. The number of sulfone groups is 1. The second-order valence-electron chi connectivity index (χ2n) is 7.40. The third kappa shape index (κ3) is 4.55. The van der Waals surface area contributed by atoms with Gasteiger partial charge in [-0.15, -0.1) is 0 Å². The Hall–Kier alpha value is -1.80. The number of hydrogen-bond donors (Lipinski definition) is 1. The number of phenols is 1. The van der Waals surface area contributed by atoms with E-state index >= 15 is 0 Å². The van der Waals surface area contributed by atoms with Gasteiger partial charge in [0.15, 0.2) is 9.84 Å². The summed E-state index contributed by atoms with van der Waals surface area (Å²) in [6.45, 7) is 7.54. The Balaban J connectivity index is 1.58. The summed E-state index contributed by atoms with van der Waals surface area (Å²) in [7, 11) is -3.01. The fourth-order valence-electron chi connectivity index (χ4n) is 4.04. The number of nitrogens with zero attached hydrogens (tertiary/aromatic N) is 3. The van der Waals surface area contributed by atoms with E-state index in [2.05, 4.69) is 9.80 Å². The Morgan fingerprint density at radius 1 is 1.22 bits per heavy atom. The smallest absolute Gasteiger partial charge is 0.239 e. The van der Waals surface area contributed by atoms with Gasteiger partial charge in [0, 0.05) is 44.5 Å². The van der Waals surface area contributed by atoms with Crippen molar-refractivity contribution in [2.24, 2.45) is 0 Å². The molecule has 2 atom stereocenters. The van der Waals surface area contributed by atoms with Crippen LogP contribution < -0.4 is 4.90 Å². The number of aromatic hydroxyl groups is 1. The first-order chi connectivity index (χ1) is 12.8. The highest BCUT2D eigenvalue weighted by Gasteiger charge is 2.37. The van der Waals surface area contributed by atoms with Crippen LogP contribution in [0, 0.1) is 0 Å². The van der Waals surface area contributed by atoms with Crippen LogP contribution in [-0.4, -0.2) is 85.5 Å². The van der Waals surface area contributed by atoms with Gasteiger partial charge in [-0.2, -0.15) is 0 Å². The van der Waals surface area contributed by atoms with Crippen molar-refractivity contribution in [3.63, 3.8) is 0 Å². The van der Waals surface area contributed by atoms with E-state index in [1.54, 1.807) is 17.0 Å². The molecule has 0 aromatic heterocycles. The lowest BCUT2D eigenvalue weighted by molar-refractivity contribution is -0.138. The van der Waals surface area contributed by atoms with Gasteiger partial charge in [-0.1, -0.05) is 0 Å². The molecule has 2 saturated heterocycles. The van der Waals surface area contributed by atoms with Gasteiger partial charge in [0.25, 0.3) is 0 Å². The van der Waals surface area contributed by atoms with Gasteiger partial charge in [-0.3, -0.25) is 9.69 Å². The summed E-state index contributed by atoms with van der Waals surface area (Å²) >= 11 is 0. The summed E-state index contributed by atoms with van der Waals surface area (Å²) in [4.78, 5) is 19.2. The molecule has 3 rings (SSSR count). The highest BCUT2D eigenvalue weighted by Crippen LogP contribution is 2.22. The van der Waals surface area contributed by atoms with Crippen LogP contribution in [0.3, 0.4) is 0 Å². The third-order valence-electron chi connectivity index (χ3n) is 5.71. The Labute approximate surface area is 161 Å². The molecule has 1 aromatic carbocycles. The predicted octanol–water partition coefficient (Wildman–Crippen LogP) is 0.938. The number of benzene rings is 1. The molecule has 2 aliphatic rings. The number of carbonyl (C=O) groups is 1. The standard InChI is InChI=1S/C19H29N3O4S/c1-3-22(17-8-13-27(25,26)14-17)19(24)15(2)20-9-11-21(12-10-20)16-4-6-18(23)7-5-16/h4-7,15,17,23H,3,8-14H2,1-2H3/t15-,17+/m0/s1. The summed E-state index contributed by atoms with van der Waals surface area (Å²) in [6, 6.07) is 6.73. The van der Waals surface area contributed by atoms with Crippen LogP contribution in [0.2, 0.25) is 0 Å². The molecule has 1 aromatic rings. The zero-order chi connectivity index (χ0) is 19.6. The fraction of sp³-hybridized carbons (Fsp3) is 0.632. The van der Waals surface area contributed by atoms with Crippen LogP contribution in [0.15, 0.2) is 24.3 Å².